The molecule has 26 heteroatoms. The zero-order valence-corrected chi connectivity index (χ0v) is 70.2. The van der Waals surface area contributed by atoms with Gasteiger partial charge in [0.05, 0.1) is 0 Å². The summed E-state index contributed by atoms with van der Waals surface area (Å²) in [5.41, 5.74) is 12.9. The van der Waals surface area contributed by atoms with Gasteiger partial charge in [-0.15, -0.1) is 0 Å². The van der Waals surface area contributed by atoms with Crippen molar-refractivity contribution in [2.75, 3.05) is 0 Å². The van der Waals surface area contributed by atoms with Crippen molar-refractivity contribution in [1.29, 1.82) is 0 Å². The SMILES string of the molecule is Cc1ccc(OP(=O)(Oc2ccc(C)cc2)Oc2ccc(C)cc2)cc1.Cc1ccc(OP(=O)(Oc2ccc(C)cc2)Oc2ccc(C)cc2)cc1.Cc1ccc(OP(=O)(Oc2ccc(C)cc2)Oc2ccc(C)cc2)cc1.Cc1ccc(OP(=O)(Oc2ccc(C)cc2)Oc2ccc(C)cc2)cc1.[O-][Cl+](O)(O)O.[Zn+2]. The molecule has 0 bridgehead atoms. The molecule has 0 aromatic heterocycles. The Morgan fingerprint density at radius 1 is 0.182 bits per heavy atom. The molecule has 110 heavy (non-hydrogen) atoms. The number of aryl methyl sites for hydroxylation is 12. The summed E-state index contributed by atoms with van der Waals surface area (Å²) in [6.07, 6.45) is 0. The normalized spacial score (nSPS) is 11.1. The van der Waals surface area contributed by atoms with Crippen LogP contribution in [0.2, 0.25) is 0 Å². The Hall–Kier alpha value is -10.1. The van der Waals surface area contributed by atoms with Crippen LogP contribution in [0.4, 0.5) is 0 Å². The van der Waals surface area contributed by atoms with Gasteiger partial charge in [-0.3, -0.25) is 0 Å². The van der Waals surface area contributed by atoms with E-state index in [2.05, 4.69) is 0 Å². The first-order valence-electron chi connectivity index (χ1n) is 33.9. The second-order valence-corrected chi connectivity index (χ2v) is 31.7. The molecule has 0 radical (unpaired) electrons. The molecule has 3 N–H and O–H groups in total. The van der Waals surface area contributed by atoms with Crippen LogP contribution in [0.5, 0.6) is 69.0 Å². The molecule has 0 aliphatic rings. The molecular weight excluding hydrogens is 1550 g/mol. The maximum Gasteiger partial charge on any atom is 2.00 e. The van der Waals surface area contributed by atoms with Gasteiger partial charge in [-0.2, -0.15) is 18.3 Å². The number of hydrogen-bond donors (Lipinski definition) is 3. The molecule has 0 saturated heterocycles. The summed E-state index contributed by atoms with van der Waals surface area (Å²) >= 11 is 0. The van der Waals surface area contributed by atoms with Crippen LogP contribution in [0, 0.1) is 93.3 Å². The molecule has 12 rings (SSSR count). The number of halogens is 1. The predicted octanol–water partition coefficient (Wildman–Crippen LogP) is 22.2. The van der Waals surface area contributed by atoms with Crippen LogP contribution in [0.3, 0.4) is 0 Å². The Bertz CT molecular complexity index is 3870. The fourth-order valence-corrected chi connectivity index (χ4v) is 14.0. The molecule has 0 aliphatic carbocycles. The molecule has 0 unspecified atom stereocenters. The summed E-state index contributed by atoms with van der Waals surface area (Å²) in [4.78, 5) is 0. The third-order valence-corrected chi connectivity index (χ3v) is 20.1. The van der Waals surface area contributed by atoms with E-state index in [1.807, 2.05) is 229 Å². The molecule has 0 saturated carbocycles. The standard InChI is InChI=1S/4C21H21O4P.ClH3O4.Zn/c4*1-16-4-10-19(11-5-16)23-26(22,24-20-12-6-17(2)7-13-20)25-21-14-8-18(3)9-15-21;2-1(3,4)5;/h4*4-15H,1-3H3;2-4H;/q;;;;;+2. The summed E-state index contributed by atoms with van der Waals surface area (Å²) < 4.78 is 151. The molecule has 0 atom stereocenters. The Labute approximate surface area is 658 Å². The Morgan fingerprint density at radius 2 is 0.236 bits per heavy atom. The van der Waals surface area contributed by atoms with E-state index in [4.69, 9.17) is 72.9 Å². The van der Waals surface area contributed by atoms with Gasteiger partial charge in [-0.1, -0.05) is 212 Å². The average Bonchev–Trinajstić information content (AvgIpc) is 0.841. The van der Waals surface area contributed by atoms with Gasteiger partial charge in [-0.25, -0.2) is 0 Å². The van der Waals surface area contributed by atoms with E-state index in [0.717, 1.165) is 66.8 Å². The van der Waals surface area contributed by atoms with E-state index < -0.39 is 41.5 Å². The number of benzene rings is 12. The van der Waals surface area contributed by atoms with Crippen molar-refractivity contribution in [2.24, 2.45) is 0 Å². The van der Waals surface area contributed by atoms with Crippen molar-refractivity contribution < 1.29 is 121 Å². The van der Waals surface area contributed by atoms with E-state index in [0.29, 0.717) is 69.0 Å². The summed E-state index contributed by atoms with van der Waals surface area (Å²) in [5, 5.41) is 0. The zero-order chi connectivity index (χ0) is 78.8. The van der Waals surface area contributed by atoms with Crippen LogP contribution in [-0.2, 0) is 37.7 Å². The number of hydrogen-bond acceptors (Lipinski definition) is 20. The van der Waals surface area contributed by atoms with Crippen molar-refractivity contribution in [2.45, 2.75) is 83.1 Å². The second-order valence-electron chi connectivity index (χ2n) is 25.1. The van der Waals surface area contributed by atoms with Crippen molar-refractivity contribution >= 4 is 31.3 Å². The molecule has 12 aromatic rings. The van der Waals surface area contributed by atoms with E-state index in [1.54, 1.807) is 146 Å². The van der Waals surface area contributed by atoms with E-state index in [-0.39, 0.29) is 19.5 Å². The van der Waals surface area contributed by atoms with Gasteiger partial charge in [-0.05, 0) is 229 Å². The maximum absolute atomic E-state index is 13.3. The number of rotatable bonds is 24. The van der Waals surface area contributed by atoms with Crippen LogP contribution in [0.15, 0.2) is 291 Å². The van der Waals surface area contributed by atoms with Crippen LogP contribution >= 0.6 is 31.3 Å². The smallest absolute Gasteiger partial charge is 2.00 e. The van der Waals surface area contributed by atoms with Crippen molar-refractivity contribution in [3.63, 3.8) is 0 Å². The van der Waals surface area contributed by atoms with E-state index >= 15 is 0 Å². The average molecular weight is 1640 g/mol. The molecule has 0 heterocycles. The molecule has 570 valence electrons. The van der Waals surface area contributed by atoms with Crippen LogP contribution in [0.1, 0.15) is 66.8 Å². The van der Waals surface area contributed by atoms with Crippen LogP contribution in [0.25, 0.3) is 0 Å². The Balaban J connectivity index is 0.000000199. The summed E-state index contributed by atoms with van der Waals surface area (Å²) in [6.45, 7) is 23.6. The maximum atomic E-state index is 13.3. The topological polar surface area (TPSA) is 263 Å². The van der Waals surface area contributed by atoms with Gasteiger partial charge in [0.1, 0.15) is 69.0 Å². The Kier molecular flexibility index (Phi) is 32.6. The largest absolute Gasteiger partial charge is 2.00 e. The van der Waals surface area contributed by atoms with Gasteiger partial charge in [0, 0.05) is 0 Å². The molecule has 0 spiro atoms. The molecular formula is C84H87ClO20P4Zn+2. The monoisotopic (exact) mass is 1640 g/mol. The first-order chi connectivity index (χ1) is 51.7. The fourth-order valence-electron chi connectivity index (χ4n) is 8.96. The van der Waals surface area contributed by atoms with Gasteiger partial charge in [0.2, 0.25) is 0 Å². The summed E-state index contributed by atoms with van der Waals surface area (Å²) in [6, 6.07) is 86.6. The third-order valence-electron chi connectivity index (χ3n) is 14.9. The fraction of sp³-hybridized carbons (Fsp3) is 0.143. The summed E-state index contributed by atoms with van der Waals surface area (Å²) in [5.74, 6) is 4.98. The predicted molar refractivity (Wildman–Crippen MR) is 419 cm³/mol. The molecule has 12 aromatic carbocycles. The first-order valence-corrected chi connectivity index (χ1v) is 41.1. The molecule has 0 fully saturated rings. The van der Waals surface area contributed by atoms with Crippen LogP contribution in [-0.4, -0.2) is 14.0 Å². The quantitative estimate of drug-likeness (QED) is 0.0375. The number of phosphoric acid groups is 4. The van der Waals surface area contributed by atoms with Crippen molar-refractivity contribution in [3.05, 3.63) is 358 Å². The van der Waals surface area contributed by atoms with Crippen molar-refractivity contribution in [1.82, 2.24) is 0 Å². The van der Waals surface area contributed by atoms with E-state index in [1.165, 1.54) is 0 Å². The molecule has 20 nitrogen and oxygen atoms in total. The summed E-state index contributed by atoms with van der Waals surface area (Å²) in [7, 11) is -19.9. The van der Waals surface area contributed by atoms with Gasteiger partial charge in [0.15, 0.2) is 0 Å². The minimum absolute atomic E-state index is 0. The van der Waals surface area contributed by atoms with Crippen molar-refractivity contribution in [3.8, 4) is 69.0 Å². The Morgan fingerprint density at radius 3 is 0.291 bits per heavy atom. The molecule has 0 aliphatic heterocycles. The van der Waals surface area contributed by atoms with Gasteiger partial charge >= 0.3 is 79.6 Å². The third kappa shape index (κ3) is 31.9. The van der Waals surface area contributed by atoms with E-state index in [9.17, 15) is 18.3 Å². The van der Waals surface area contributed by atoms with Crippen LogP contribution < -0.4 is 58.9 Å². The zero-order valence-electron chi connectivity index (χ0n) is 62.9. The second kappa shape index (κ2) is 41.1. The first kappa shape index (κ1) is 87.1. The minimum atomic E-state index is -4.19. The van der Waals surface area contributed by atoms with Gasteiger partial charge in [0.25, 0.3) is 0 Å². The van der Waals surface area contributed by atoms with Gasteiger partial charge < -0.3 is 54.3 Å². The number of phosphoric ester groups is 4. The molecule has 0 amide bonds. The minimum Gasteiger partial charge on any atom is 2.00 e.